The molecular formula is C15H17NO3. The quantitative estimate of drug-likeness (QED) is 0.611. The van der Waals surface area contributed by atoms with Crippen molar-refractivity contribution in [3.8, 4) is 5.75 Å². The maximum atomic E-state index is 11.1. The summed E-state index contributed by atoms with van der Waals surface area (Å²) in [6.45, 7) is 0.125. The number of anilines is 1. The fourth-order valence-corrected chi connectivity index (χ4v) is 1.90. The van der Waals surface area contributed by atoms with Crippen LogP contribution in [0.5, 0.6) is 5.75 Å². The molecule has 0 aromatic heterocycles. The van der Waals surface area contributed by atoms with Crippen LogP contribution in [0.4, 0.5) is 5.69 Å². The van der Waals surface area contributed by atoms with E-state index < -0.39 is 0 Å². The van der Waals surface area contributed by atoms with Crippen LogP contribution in [-0.4, -0.2) is 34.3 Å². The molecule has 0 aliphatic rings. The minimum atomic E-state index is 0.125. The summed E-state index contributed by atoms with van der Waals surface area (Å²) in [5.41, 5.74) is 1.63. The number of benzene rings is 2. The van der Waals surface area contributed by atoms with Crippen molar-refractivity contribution in [3.05, 3.63) is 35.9 Å². The zero-order valence-electron chi connectivity index (χ0n) is 11.3. The Balaban J connectivity index is 2.51. The lowest BCUT2D eigenvalue weighted by molar-refractivity contribution is 0.0506. The summed E-state index contributed by atoms with van der Waals surface area (Å²) >= 11 is 0. The van der Waals surface area contributed by atoms with Crippen molar-refractivity contribution in [2.45, 2.75) is 0 Å². The van der Waals surface area contributed by atoms with Crippen LogP contribution in [0.2, 0.25) is 0 Å². The second-order valence-corrected chi connectivity index (χ2v) is 4.48. The number of rotatable bonds is 5. The first kappa shape index (κ1) is 13.4. The highest BCUT2D eigenvalue weighted by Gasteiger charge is 2.07. The molecule has 0 spiro atoms. The Kier molecular flexibility index (Phi) is 4.02. The summed E-state index contributed by atoms with van der Waals surface area (Å²) < 4.78 is 10.3. The Hall–Kier alpha value is -2.07. The molecule has 4 heteroatoms. The second-order valence-electron chi connectivity index (χ2n) is 4.48. The third-order valence-corrected chi connectivity index (χ3v) is 2.93. The molecule has 0 N–H and O–H groups in total. The van der Waals surface area contributed by atoms with Crippen molar-refractivity contribution in [3.63, 3.8) is 0 Å². The molecule has 0 aliphatic carbocycles. The lowest BCUT2D eigenvalue weighted by atomic mass is 10.1. The van der Waals surface area contributed by atoms with E-state index in [1.54, 1.807) is 7.11 Å². The van der Waals surface area contributed by atoms with Crippen LogP contribution in [-0.2, 0) is 4.74 Å². The SMILES string of the molecule is COCOc1cc2cc(N(C)C)ccc2cc1C=O. The molecule has 100 valence electrons. The van der Waals surface area contributed by atoms with E-state index in [9.17, 15) is 4.79 Å². The van der Waals surface area contributed by atoms with Gasteiger partial charge in [-0.1, -0.05) is 6.07 Å². The van der Waals surface area contributed by atoms with Crippen LogP contribution in [0.25, 0.3) is 10.8 Å². The third-order valence-electron chi connectivity index (χ3n) is 2.93. The normalized spacial score (nSPS) is 10.5. The van der Waals surface area contributed by atoms with Gasteiger partial charge in [-0.2, -0.15) is 0 Å². The Morgan fingerprint density at radius 2 is 1.95 bits per heavy atom. The van der Waals surface area contributed by atoms with Crippen molar-refractivity contribution in [2.75, 3.05) is 32.9 Å². The first-order chi connectivity index (χ1) is 9.15. The van der Waals surface area contributed by atoms with Crippen LogP contribution < -0.4 is 9.64 Å². The van der Waals surface area contributed by atoms with Crippen LogP contribution in [0.3, 0.4) is 0 Å². The number of carbonyl (C=O) groups excluding carboxylic acids is 1. The van der Waals surface area contributed by atoms with E-state index in [0.29, 0.717) is 11.3 Å². The smallest absolute Gasteiger partial charge is 0.188 e. The fourth-order valence-electron chi connectivity index (χ4n) is 1.90. The number of methoxy groups -OCH3 is 1. The molecule has 0 saturated heterocycles. The Morgan fingerprint density at radius 1 is 1.16 bits per heavy atom. The number of ether oxygens (including phenoxy) is 2. The molecule has 0 aliphatic heterocycles. The van der Waals surface area contributed by atoms with E-state index in [2.05, 4.69) is 6.07 Å². The molecular weight excluding hydrogens is 242 g/mol. The van der Waals surface area contributed by atoms with Gasteiger partial charge in [-0.25, -0.2) is 0 Å². The van der Waals surface area contributed by atoms with Gasteiger partial charge >= 0.3 is 0 Å². The standard InChI is InChI=1S/C15H17NO3/c1-16(2)14-5-4-11-6-13(9-17)15(19-10-18-3)8-12(11)7-14/h4-9H,10H2,1-3H3. The highest BCUT2D eigenvalue weighted by Crippen LogP contribution is 2.28. The summed E-state index contributed by atoms with van der Waals surface area (Å²) in [7, 11) is 5.53. The number of nitrogens with zero attached hydrogens (tertiary/aromatic N) is 1. The molecule has 0 unspecified atom stereocenters. The van der Waals surface area contributed by atoms with Crippen molar-refractivity contribution in [1.82, 2.24) is 0 Å². The molecule has 2 rings (SSSR count). The Morgan fingerprint density at radius 3 is 2.58 bits per heavy atom. The van der Waals surface area contributed by atoms with Crippen molar-refractivity contribution >= 4 is 22.7 Å². The van der Waals surface area contributed by atoms with Crippen LogP contribution in [0.15, 0.2) is 30.3 Å². The highest BCUT2D eigenvalue weighted by atomic mass is 16.7. The number of carbonyl (C=O) groups is 1. The first-order valence-corrected chi connectivity index (χ1v) is 5.97. The lowest BCUT2D eigenvalue weighted by Crippen LogP contribution is -2.08. The van der Waals surface area contributed by atoms with E-state index in [-0.39, 0.29) is 6.79 Å². The van der Waals surface area contributed by atoms with E-state index in [1.165, 1.54) is 0 Å². The number of fused-ring (bicyclic) bond motifs is 1. The van der Waals surface area contributed by atoms with Gasteiger partial charge < -0.3 is 14.4 Å². The molecule has 0 heterocycles. The minimum absolute atomic E-state index is 0.125. The van der Waals surface area contributed by atoms with Crippen molar-refractivity contribution in [2.24, 2.45) is 0 Å². The van der Waals surface area contributed by atoms with Gasteiger partial charge in [-0.15, -0.1) is 0 Å². The number of hydrogen-bond donors (Lipinski definition) is 0. The molecule has 0 bridgehead atoms. The maximum Gasteiger partial charge on any atom is 0.188 e. The molecule has 0 radical (unpaired) electrons. The second kappa shape index (κ2) is 5.71. The third kappa shape index (κ3) is 2.85. The molecule has 0 atom stereocenters. The van der Waals surface area contributed by atoms with Crippen LogP contribution in [0.1, 0.15) is 10.4 Å². The fraction of sp³-hybridized carbons (Fsp3) is 0.267. The zero-order valence-corrected chi connectivity index (χ0v) is 11.3. The van der Waals surface area contributed by atoms with Gasteiger partial charge in [0.05, 0.1) is 5.56 Å². The van der Waals surface area contributed by atoms with E-state index >= 15 is 0 Å². The maximum absolute atomic E-state index is 11.1. The summed E-state index contributed by atoms with van der Waals surface area (Å²) in [4.78, 5) is 13.1. The average Bonchev–Trinajstić information content (AvgIpc) is 2.43. The van der Waals surface area contributed by atoms with Gasteiger partial charge in [0.2, 0.25) is 0 Å². The predicted octanol–water partition coefficient (Wildman–Crippen LogP) is 2.70. The monoisotopic (exact) mass is 259 g/mol. The van der Waals surface area contributed by atoms with Gasteiger partial charge in [0.25, 0.3) is 0 Å². The number of hydrogen-bond acceptors (Lipinski definition) is 4. The van der Waals surface area contributed by atoms with Gasteiger partial charge in [0.15, 0.2) is 13.1 Å². The summed E-state index contributed by atoms with van der Waals surface area (Å²) in [6.07, 6.45) is 0.796. The molecule has 2 aromatic carbocycles. The van der Waals surface area contributed by atoms with Crippen molar-refractivity contribution < 1.29 is 14.3 Å². The summed E-state index contributed by atoms with van der Waals surface area (Å²) in [5, 5.41) is 2.04. The lowest BCUT2D eigenvalue weighted by Gasteiger charge is -2.14. The van der Waals surface area contributed by atoms with Crippen molar-refractivity contribution in [1.29, 1.82) is 0 Å². The van der Waals surface area contributed by atoms with Gasteiger partial charge in [-0.05, 0) is 35.0 Å². The van der Waals surface area contributed by atoms with Gasteiger partial charge in [0, 0.05) is 26.9 Å². The topological polar surface area (TPSA) is 38.8 Å². The van der Waals surface area contributed by atoms with Crippen LogP contribution >= 0.6 is 0 Å². The van der Waals surface area contributed by atoms with E-state index in [1.807, 2.05) is 43.3 Å². The summed E-state index contributed by atoms with van der Waals surface area (Å²) in [6, 6.07) is 9.77. The Labute approximate surface area is 112 Å². The molecule has 0 fully saturated rings. The van der Waals surface area contributed by atoms with E-state index in [4.69, 9.17) is 9.47 Å². The van der Waals surface area contributed by atoms with Crippen LogP contribution in [0, 0.1) is 0 Å². The predicted molar refractivity (Wildman–Crippen MR) is 76.2 cm³/mol. The molecule has 2 aromatic rings. The van der Waals surface area contributed by atoms with Gasteiger partial charge in [0.1, 0.15) is 5.75 Å². The number of aldehydes is 1. The van der Waals surface area contributed by atoms with E-state index in [0.717, 1.165) is 22.7 Å². The molecule has 0 amide bonds. The first-order valence-electron chi connectivity index (χ1n) is 5.97. The zero-order chi connectivity index (χ0) is 13.8. The minimum Gasteiger partial charge on any atom is -0.467 e. The molecule has 19 heavy (non-hydrogen) atoms. The van der Waals surface area contributed by atoms with Gasteiger partial charge in [-0.3, -0.25) is 4.79 Å². The largest absolute Gasteiger partial charge is 0.467 e. The molecule has 4 nitrogen and oxygen atoms in total. The molecule has 0 saturated carbocycles. The highest BCUT2D eigenvalue weighted by molar-refractivity contribution is 5.93. The summed E-state index contributed by atoms with van der Waals surface area (Å²) in [5.74, 6) is 0.542. The average molecular weight is 259 g/mol. The Bertz CT molecular complexity index is 593.